The molecule has 0 N–H and O–H groups in total. The van der Waals surface area contributed by atoms with Gasteiger partial charge in [0.05, 0.1) is 0 Å². The zero-order valence-electron chi connectivity index (χ0n) is 10.3. The maximum atomic E-state index is 12.7. The summed E-state index contributed by atoms with van der Waals surface area (Å²) < 4.78 is 1.73. The van der Waals surface area contributed by atoms with E-state index in [1.807, 2.05) is 42.5 Å². The zero-order valence-corrected chi connectivity index (χ0v) is 13.5. The lowest BCUT2D eigenvalue weighted by molar-refractivity contribution is 0.104. The van der Waals surface area contributed by atoms with Crippen molar-refractivity contribution in [3.05, 3.63) is 74.9 Å². The lowest BCUT2D eigenvalue weighted by Crippen LogP contribution is -2.03. The summed E-state index contributed by atoms with van der Waals surface area (Å²) in [5, 5.41) is 1.89. The molecule has 0 fully saturated rings. The zero-order chi connectivity index (χ0) is 14.1. The summed E-state index contributed by atoms with van der Waals surface area (Å²) in [5.74, 6) is -0.0312. The highest BCUT2D eigenvalue weighted by molar-refractivity contribution is 9.11. The van der Waals surface area contributed by atoms with Crippen LogP contribution < -0.4 is 0 Å². The second-order valence-electron chi connectivity index (χ2n) is 4.40. The van der Waals surface area contributed by atoms with Crippen LogP contribution in [-0.4, -0.2) is 10.8 Å². The maximum Gasteiger partial charge on any atom is 0.195 e. The van der Waals surface area contributed by atoms with Gasteiger partial charge in [-0.15, -0.1) is 0 Å². The number of rotatable bonds is 2. The van der Waals surface area contributed by atoms with Gasteiger partial charge in [0.1, 0.15) is 0 Å². The molecular weight excluding hydrogens is 382 g/mol. The highest BCUT2D eigenvalue weighted by Gasteiger charge is 2.14. The molecule has 4 heteroatoms. The number of pyridine rings is 1. The average molecular weight is 391 g/mol. The molecule has 0 amide bonds. The van der Waals surface area contributed by atoms with Crippen molar-refractivity contribution in [2.24, 2.45) is 0 Å². The van der Waals surface area contributed by atoms with E-state index in [2.05, 4.69) is 36.8 Å². The summed E-state index contributed by atoms with van der Waals surface area (Å²) in [6.07, 6.45) is 3.39. The van der Waals surface area contributed by atoms with E-state index in [-0.39, 0.29) is 5.78 Å². The predicted molar refractivity (Wildman–Crippen MR) is 87.0 cm³/mol. The second-order valence-corrected chi connectivity index (χ2v) is 6.23. The topological polar surface area (TPSA) is 30.0 Å². The number of carbonyl (C=O) groups excluding carboxylic acids is 1. The number of benzene rings is 2. The van der Waals surface area contributed by atoms with Gasteiger partial charge in [0.15, 0.2) is 5.78 Å². The van der Waals surface area contributed by atoms with E-state index in [1.165, 1.54) is 0 Å². The molecule has 3 rings (SSSR count). The van der Waals surface area contributed by atoms with E-state index in [9.17, 15) is 4.79 Å². The first kappa shape index (κ1) is 13.5. The van der Waals surface area contributed by atoms with Gasteiger partial charge in [-0.3, -0.25) is 9.78 Å². The monoisotopic (exact) mass is 389 g/mol. The number of nitrogens with zero attached hydrogens (tertiary/aromatic N) is 1. The molecule has 0 aliphatic carbocycles. The first-order chi connectivity index (χ1) is 9.65. The lowest BCUT2D eigenvalue weighted by atomic mass is 10.00. The van der Waals surface area contributed by atoms with Crippen LogP contribution in [0.25, 0.3) is 10.8 Å². The van der Waals surface area contributed by atoms with E-state index in [0.29, 0.717) is 11.1 Å². The molecule has 2 nitrogen and oxygen atoms in total. The van der Waals surface area contributed by atoms with Crippen LogP contribution in [0.5, 0.6) is 0 Å². The summed E-state index contributed by atoms with van der Waals surface area (Å²) in [6, 6.07) is 13.3. The normalized spacial score (nSPS) is 10.7. The Morgan fingerprint density at radius 3 is 2.40 bits per heavy atom. The fraction of sp³-hybridized carbons (Fsp3) is 0. The molecular formula is C16H9Br2NO. The fourth-order valence-electron chi connectivity index (χ4n) is 2.14. The molecule has 0 saturated heterocycles. The third-order valence-corrected chi connectivity index (χ3v) is 3.95. The molecule has 0 aliphatic heterocycles. The molecule has 1 aromatic heterocycles. The van der Waals surface area contributed by atoms with Crippen molar-refractivity contribution in [3.63, 3.8) is 0 Å². The van der Waals surface area contributed by atoms with Gasteiger partial charge in [0.2, 0.25) is 0 Å². The molecule has 2 aromatic carbocycles. The van der Waals surface area contributed by atoms with E-state index >= 15 is 0 Å². The van der Waals surface area contributed by atoms with E-state index in [4.69, 9.17) is 0 Å². The molecule has 98 valence electrons. The Kier molecular flexibility index (Phi) is 3.68. The molecule has 0 spiro atoms. The quantitative estimate of drug-likeness (QED) is 0.577. The van der Waals surface area contributed by atoms with E-state index in [1.54, 1.807) is 12.4 Å². The number of hydrogen-bond acceptors (Lipinski definition) is 2. The number of halogens is 2. The molecule has 0 unspecified atom stereocenters. The van der Waals surface area contributed by atoms with Gasteiger partial charge in [0, 0.05) is 37.9 Å². The van der Waals surface area contributed by atoms with Crippen molar-refractivity contribution in [1.82, 2.24) is 4.98 Å². The minimum Gasteiger partial charge on any atom is -0.289 e. The fourth-order valence-corrected chi connectivity index (χ4v) is 3.43. The van der Waals surface area contributed by atoms with Crippen molar-refractivity contribution in [2.75, 3.05) is 0 Å². The van der Waals surface area contributed by atoms with Gasteiger partial charge >= 0.3 is 0 Å². The predicted octanol–water partition coefficient (Wildman–Crippen LogP) is 4.99. The van der Waals surface area contributed by atoms with Crippen LogP contribution >= 0.6 is 31.9 Å². The first-order valence-corrected chi connectivity index (χ1v) is 7.57. The smallest absolute Gasteiger partial charge is 0.195 e. The molecule has 1 heterocycles. The van der Waals surface area contributed by atoms with Crippen LogP contribution in [0.4, 0.5) is 0 Å². The van der Waals surface area contributed by atoms with Crippen LogP contribution in [0.1, 0.15) is 15.9 Å². The van der Waals surface area contributed by atoms with Crippen LogP contribution in [-0.2, 0) is 0 Å². The Morgan fingerprint density at radius 2 is 1.65 bits per heavy atom. The van der Waals surface area contributed by atoms with Gasteiger partial charge in [-0.2, -0.15) is 0 Å². The number of ketones is 1. The Morgan fingerprint density at radius 1 is 0.950 bits per heavy atom. The van der Waals surface area contributed by atoms with Gasteiger partial charge in [-0.05, 0) is 23.6 Å². The second kappa shape index (κ2) is 5.46. The largest absolute Gasteiger partial charge is 0.289 e. The SMILES string of the molecule is O=C(c1cc(Br)cc(Br)c1)c1cncc2ccccc12. The minimum atomic E-state index is -0.0312. The van der Waals surface area contributed by atoms with Gasteiger partial charge < -0.3 is 0 Å². The molecule has 0 bridgehead atoms. The van der Waals surface area contributed by atoms with Crippen LogP contribution in [0.3, 0.4) is 0 Å². The van der Waals surface area contributed by atoms with Gasteiger partial charge in [-0.1, -0.05) is 56.1 Å². The third-order valence-electron chi connectivity index (χ3n) is 3.04. The third kappa shape index (κ3) is 2.53. The van der Waals surface area contributed by atoms with Crippen molar-refractivity contribution < 1.29 is 4.79 Å². The summed E-state index contributed by atoms with van der Waals surface area (Å²) in [7, 11) is 0. The highest BCUT2D eigenvalue weighted by atomic mass is 79.9. The van der Waals surface area contributed by atoms with E-state index in [0.717, 1.165) is 19.7 Å². The standard InChI is InChI=1S/C16H9Br2NO/c17-12-5-11(6-13(18)7-12)16(20)15-9-19-8-10-3-1-2-4-14(10)15/h1-9H. The van der Waals surface area contributed by atoms with Crippen molar-refractivity contribution >= 4 is 48.4 Å². The molecule has 20 heavy (non-hydrogen) atoms. The van der Waals surface area contributed by atoms with Crippen LogP contribution in [0.2, 0.25) is 0 Å². The Balaban J connectivity index is 2.17. The van der Waals surface area contributed by atoms with Crippen LogP contribution in [0, 0.1) is 0 Å². The summed E-state index contributed by atoms with van der Waals surface area (Å²) in [6.45, 7) is 0. The molecule has 0 aliphatic rings. The number of hydrogen-bond donors (Lipinski definition) is 0. The van der Waals surface area contributed by atoms with Crippen LogP contribution in [0.15, 0.2) is 63.8 Å². The molecule has 0 atom stereocenters. The van der Waals surface area contributed by atoms with Crippen molar-refractivity contribution in [1.29, 1.82) is 0 Å². The van der Waals surface area contributed by atoms with Gasteiger partial charge in [-0.25, -0.2) is 0 Å². The van der Waals surface area contributed by atoms with E-state index < -0.39 is 0 Å². The highest BCUT2D eigenvalue weighted by Crippen LogP contribution is 2.24. The maximum absolute atomic E-state index is 12.7. The Hall–Kier alpha value is -1.52. The summed E-state index contributed by atoms with van der Waals surface area (Å²) in [5.41, 5.74) is 1.25. The molecule has 0 radical (unpaired) electrons. The van der Waals surface area contributed by atoms with Gasteiger partial charge in [0.25, 0.3) is 0 Å². The number of aromatic nitrogens is 1. The lowest BCUT2D eigenvalue weighted by Gasteiger charge is -2.06. The summed E-state index contributed by atoms with van der Waals surface area (Å²) in [4.78, 5) is 16.8. The van der Waals surface area contributed by atoms with Crippen molar-refractivity contribution in [2.45, 2.75) is 0 Å². The summed E-state index contributed by atoms with van der Waals surface area (Å²) >= 11 is 6.81. The minimum absolute atomic E-state index is 0.0312. The van der Waals surface area contributed by atoms with Crippen molar-refractivity contribution in [3.8, 4) is 0 Å². The number of fused-ring (bicyclic) bond motifs is 1. The molecule has 0 saturated carbocycles. The first-order valence-electron chi connectivity index (χ1n) is 5.99. The molecule has 3 aromatic rings. The Labute approximate surface area is 133 Å². The average Bonchev–Trinajstić information content (AvgIpc) is 2.45. The number of carbonyl (C=O) groups is 1. The Bertz CT molecular complexity index is 789.